The molecule has 3 aromatic rings. The maximum Gasteiger partial charge on any atom is 0.135 e. The number of para-hydroxylation sites is 1. The number of rotatable bonds is 5. The van der Waals surface area contributed by atoms with E-state index in [1.807, 2.05) is 54.6 Å². The highest BCUT2D eigenvalue weighted by atomic mass is 32.1. The molecule has 1 heterocycles. The number of nitrogens with zero attached hydrogens (tertiary/aromatic N) is 2. The van der Waals surface area contributed by atoms with Gasteiger partial charge in [0.05, 0.1) is 22.4 Å². The lowest BCUT2D eigenvalue weighted by Gasteiger charge is -2.04. The number of hydrogen-bond donors (Lipinski definition) is 0. The summed E-state index contributed by atoms with van der Waals surface area (Å²) in [6, 6.07) is 17.9. The minimum atomic E-state index is 0.577. The van der Waals surface area contributed by atoms with Gasteiger partial charge in [0.1, 0.15) is 16.8 Å². The molecular weight excluding hydrogens is 304 g/mol. The van der Waals surface area contributed by atoms with Gasteiger partial charge in [-0.2, -0.15) is 5.26 Å². The average Bonchev–Trinajstić information content (AvgIpc) is 3.02. The first-order chi connectivity index (χ1) is 11.3. The first-order valence-electron chi connectivity index (χ1n) is 7.51. The van der Waals surface area contributed by atoms with E-state index in [2.05, 4.69) is 18.0 Å². The van der Waals surface area contributed by atoms with E-state index in [0.717, 1.165) is 33.0 Å². The van der Waals surface area contributed by atoms with Crippen LogP contribution in [-0.2, 0) is 0 Å². The van der Waals surface area contributed by atoms with Crippen LogP contribution >= 0.6 is 11.3 Å². The number of ether oxygens (including phenoxy) is 1. The van der Waals surface area contributed by atoms with Gasteiger partial charge < -0.3 is 4.74 Å². The number of hydrogen-bond acceptors (Lipinski definition) is 4. The van der Waals surface area contributed by atoms with Gasteiger partial charge in [-0.25, -0.2) is 4.98 Å². The average molecular weight is 320 g/mol. The topological polar surface area (TPSA) is 45.9 Å². The zero-order valence-corrected chi connectivity index (χ0v) is 13.6. The molecule has 3 rings (SSSR count). The van der Waals surface area contributed by atoms with Crippen molar-refractivity contribution in [2.45, 2.75) is 13.3 Å². The van der Waals surface area contributed by atoms with Crippen molar-refractivity contribution in [3.05, 3.63) is 59.1 Å². The fourth-order valence-electron chi connectivity index (χ4n) is 2.18. The number of fused-ring (bicyclic) bond motifs is 1. The summed E-state index contributed by atoms with van der Waals surface area (Å²) in [5, 5.41) is 10.2. The van der Waals surface area contributed by atoms with E-state index in [1.165, 1.54) is 11.3 Å². The Bertz CT molecular complexity index is 839. The summed E-state index contributed by atoms with van der Waals surface area (Å²) >= 11 is 1.54. The molecule has 0 aliphatic carbocycles. The van der Waals surface area contributed by atoms with Gasteiger partial charge in [-0.1, -0.05) is 31.2 Å². The monoisotopic (exact) mass is 320 g/mol. The van der Waals surface area contributed by atoms with E-state index in [9.17, 15) is 5.26 Å². The molecule has 0 atom stereocenters. The molecule has 0 fully saturated rings. The first-order valence-corrected chi connectivity index (χ1v) is 8.32. The second kappa shape index (κ2) is 7.08. The highest BCUT2D eigenvalue weighted by Gasteiger charge is 2.08. The number of benzene rings is 2. The predicted molar refractivity (Wildman–Crippen MR) is 95.3 cm³/mol. The minimum Gasteiger partial charge on any atom is -0.494 e. The fourth-order valence-corrected chi connectivity index (χ4v) is 3.11. The summed E-state index contributed by atoms with van der Waals surface area (Å²) in [4.78, 5) is 4.54. The second-order valence-electron chi connectivity index (χ2n) is 5.07. The Morgan fingerprint density at radius 3 is 2.70 bits per heavy atom. The van der Waals surface area contributed by atoms with Crippen molar-refractivity contribution in [1.82, 2.24) is 4.98 Å². The van der Waals surface area contributed by atoms with Crippen LogP contribution in [0.2, 0.25) is 0 Å². The number of aromatic nitrogens is 1. The summed E-state index contributed by atoms with van der Waals surface area (Å²) in [6.07, 6.45) is 2.85. The van der Waals surface area contributed by atoms with Crippen LogP contribution in [0.4, 0.5) is 0 Å². The zero-order valence-electron chi connectivity index (χ0n) is 12.8. The zero-order chi connectivity index (χ0) is 16.1. The molecule has 0 bridgehead atoms. The van der Waals surface area contributed by atoms with Crippen LogP contribution in [0.5, 0.6) is 5.75 Å². The normalized spacial score (nSPS) is 11.4. The molecule has 0 saturated carbocycles. The Labute approximate surface area is 139 Å². The summed E-state index contributed by atoms with van der Waals surface area (Å²) in [6.45, 7) is 2.79. The van der Waals surface area contributed by atoms with Gasteiger partial charge in [0, 0.05) is 0 Å². The van der Waals surface area contributed by atoms with E-state index in [1.54, 1.807) is 0 Å². The van der Waals surface area contributed by atoms with Gasteiger partial charge in [-0.15, -0.1) is 11.3 Å². The lowest BCUT2D eigenvalue weighted by atomic mass is 10.1. The molecule has 0 spiro atoms. The van der Waals surface area contributed by atoms with Gasteiger partial charge in [-0.05, 0) is 42.3 Å². The van der Waals surface area contributed by atoms with E-state index in [-0.39, 0.29) is 0 Å². The molecule has 114 valence electrons. The maximum atomic E-state index is 9.46. The third-order valence-electron chi connectivity index (χ3n) is 3.31. The van der Waals surface area contributed by atoms with Gasteiger partial charge in [0.15, 0.2) is 0 Å². The largest absolute Gasteiger partial charge is 0.494 e. The van der Waals surface area contributed by atoms with Crippen molar-refractivity contribution >= 4 is 33.2 Å². The van der Waals surface area contributed by atoms with Crippen LogP contribution in [0.15, 0.2) is 48.5 Å². The lowest BCUT2D eigenvalue weighted by molar-refractivity contribution is 0.317. The summed E-state index contributed by atoms with van der Waals surface area (Å²) in [7, 11) is 0. The number of thiazole rings is 1. The summed E-state index contributed by atoms with van der Waals surface area (Å²) in [5.41, 5.74) is 2.47. The van der Waals surface area contributed by atoms with Crippen molar-refractivity contribution in [3.63, 3.8) is 0 Å². The molecule has 0 aliphatic heterocycles. The highest BCUT2D eigenvalue weighted by Crippen LogP contribution is 2.28. The Kier molecular flexibility index (Phi) is 4.70. The number of nitriles is 1. The third kappa shape index (κ3) is 3.58. The molecule has 2 aromatic carbocycles. The Morgan fingerprint density at radius 2 is 2.00 bits per heavy atom. The van der Waals surface area contributed by atoms with Crippen molar-refractivity contribution in [2.24, 2.45) is 0 Å². The van der Waals surface area contributed by atoms with Gasteiger partial charge in [0.2, 0.25) is 0 Å². The van der Waals surface area contributed by atoms with Gasteiger partial charge in [-0.3, -0.25) is 0 Å². The lowest BCUT2D eigenvalue weighted by Crippen LogP contribution is -1.94. The third-order valence-corrected chi connectivity index (χ3v) is 4.38. The second-order valence-corrected chi connectivity index (χ2v) is 6.10. The maximum absolute atomic E-state index is 9.46. The molecule has 0 N–H and O–H groups in total. The van der Waals surface area contributed by atoms with Crippen molar-refractivity contribution in [2.75, 3.05) is 6.61 Å². The number of allylic oxidation sites excluding steroid dienone is 1. The SMILES string of the molecule is CCCOc1ccc(C=C(C#N)c2nc3ccccc3s2)cc1. The van der Waals surface area contributed by atoms with Crippen LogP contribution in [0.25, 0.3) is 21.9 Å². The Hall–Kier alpha value is -2.64. The van der Waals surface area contributed by atoms with Crippen molar-refractivity contribution in [1.29, 1.82) is 5.26 Å². The van der Waals surface area contributed by atoms with Crippen LogP contribution < -0.4 is 4.74 Å². The van der Waals surface area contributed by atoms with E-state index >= 15 is 0 Å². The van der Waals surface area contributed by atoms with E-state index in [0.29, 0.717) is 12.2 Å². The van der Waals surface area contributed by atoms with Crippen LogP contribution in [0.3, 0.4) is 0 Å². The molecular formula is C19H16N2OS. The molecule has 0 aliphatic rings. The molecule has 0 radical (unpaired) electrons. The predicted octanol–water partition coefficient (Wildman–Crippen LogP) is 5.15. The highest BCUT2D eigenvalue weighted by molar-refractivity contribution is 7.19. The quantitative estimate of drug-likeness (QED) is 0.611. The van der Waals surface area contributed by atoms with Crippen LogP contribution in [0, 0.1) is 11.3 Å². The summed E-state index contributed by atoms with van der Waals surface area (Å²) in [5.74, 6) is 0.850. The smallest absolute Gasteiger partial charge is 0.135 e. The van der Waals surface area contributed by atoms with Crippen LogP contribution in [-0.4, -0.2) is 11.6 Å². The first kappa shape index (κ1) is 15.3. The molecule has 0 saturated heterocycles. The molecule has 1 aromatic heterocycles. The molecule has 0 unspecified atom stereocenters. The molecule has 23 heavy (non-hydrogen) atoms. The van der Waals surface area contributed by atoms with E-state index in [4.69, 9.17) is 4.74 Å². The minimum absolute atomic E-state index is 0.577. The Balaban J connectivity index is 1.88. The standard InChI is InChI=1S/C19H16N2OS/c1-2-11-22-16-9-7-14(8-10-16)12-15(13-20)19-21-17-5-3-4-6-18(17)23-19/h3-10,12H,2,11H2,1H3. The molecule has 4 heteroatoms. The fraction of sp³-hybridized carbons (Fsp3) is 0.158. The van der Waals surface area contributed by atoms with Gasteiger partial charge in [0.25, 0.3) is 0 Å². The molecule has 3 nitrogen and oxygen atoms in total. The Morgan fingerprint density at radius 1 is 1.22 bits per heavy atom. The van der Waals surface area contributed by atoms with E-state index < -0.39 is 0 Å². The molecule has 0 amide bonds. The van der Waals surface area contributed by atoms with Gasteiger partial charge >= 0.3 is 0 Å². The van der Waals surface area contributed by atoms with Crippen molar-refractivity contribution in [3.8, 4) is 11.8 Å². The van der Waals surface area contributed by atoms with Crippen LogP contribution in [0.1, 0.15) is 23.9 Å². The summed E-state index contributed by atoms with van der Waals surface area (Å²) < 4.78 is 6.66. The van der Waals surface area contributed by atoms with Crippen molar-refractivity contribution < 1.29 is 4.74 Å².